The van der Waals surface area contributed by atoms with Gasteiger partial charge in [-0.05, 0) is 45.7 Å². The van der Waals surface area contributed by atoms with Crippen LogP contribution in [-0.4, -0.2) is 40.1 Å². The van der Waals surface area contributed by atoms with Crippen LogP contribution in [0.25, 0.3) is 0 Å². The lowest BCUT2D eigenvalue weighted by Crippen LogP contribution is -2.45. The minimum absolute atomic E-state index is 0.491. The number of nitrogens with one attached hydrogen (secondary N) is 1. The maximum Gasteiger partial charge on any atom is 0.0951 e. The van der Waals surface area contributed by atoms with E-state index in [-0.39, 0.29) is 0 Å². The van der Waals surface area contributed by atoms with E-state index < -0.39 is 0 Å². The van der Waals surface area contributed by atoms with Crippen molar-refractivity contribution in [3.8, 4) is 0 Å². The zero-order valence-electron chi connectivity index (χ0n) is 14.2. The van der Waals surface area contributed by atoms with Crippen molar-refractivity contribution < 1.29 is 0 Å². The first kappa shape index (κ1) is 16.5. The zero-order chi connectivity index (χ0) is 15.2. The maximum atomic E-state index is 4.34. The Kier molecular flexibility index (Phi) is 6.24. The number of rotatable bonds is 7. The summed E-state index contributed by atoms with van der Waals surface area (Å²) in [5.74, 6) is 0.726. The fraction of sp³-hybridized carbons (Fsp3) is 0.824. The monoisotopic (exact) mass is 292 g/mol. The first-order chi connectivity index (χ1) is 10.1. The van der Waals surface area contributed by atoms with E-state index in [2.05, 4.69) is 47.5 Å². The molecule has 0 amide bonds. The molecule has 120 valence electrons. The van der Waals surface area contributed by atoms with E-state index in [0.717, 1.165) is 25.6 Å². The summed E-state index contributed by atoms with van der Waals surface area (Å²) in [4.78, 5) is 6.99. The van der Waals surface area contributed by atoms with E-state index in [1.165, 1.54) is 31.5 Å². The Morgan fingerprint density at radius 3 is 2.81 bits per heavy atom. The molecule has 2 heterocycles. The van der Waals surface area contributed by atoms with Crippen molar-refractivity contribution in [3.05, 3.63) is 18.2 Å². The predicted octanol–water partition coefficient (Wildman–Crippen LogP) is 3.06. The van der Waals surface area contributed by atoms with Gasteiger partial charge < -0.3 is 9.88 Å². The molecular weight excluding hydrogens is 260 g/mol. The van der Waals surface area contributed by atoms with Crippen LogP contribution in [-0.2, 0) is 6.54 Å². The summed E-state index contributed by atoms with van der Waals surface area (Å²) in [5, 5.41) is 3.64. The number of piperidine rings is 1. The second-order valence-corrected chi connectivity index (χ2v) is 7.06. The predicted molar refractivity (Wildman–Crippen MR) is 88.4 cm³/mol. The summed E-state index contributed by atoms with van der Waals surface area (Å²) in [6.45, 7) is 13.5. The summed E-state index contributed by atoms with van der Waals surface area (Å²) in [5.41, 5.74) is 1.35. The number of hydrogen-bond acceptors (Lipinski definition) is 3. The van der Waals surface area contributed by atoms with Crippen LogP contribution in [0.3, 0.4) is 0 Å². The first-order valence-electron chi connectivity index (χ1n) is 8.53. The van der Waals surface area contributed by atoms with Gasteiger partial charge in [-0.3, -0.25) is 4.90 Å². The molecule has 1 aliphatic rings. The standard InChI is InChI=1S/C17H32N4/c1-14(2)9-18-10-16-7-5-6-8-20(16)12-17-11-19-13-21(17)15(3)4/h11,13-16,18H,5-10,12H2,1-4H3. The molecule has 1 aromatic heterocycles. The average Bonchev–Trinajstić information content (AvgIpc) is 2.88. The van der Waals surface area contributed by atoms with Crippen LogP contribution in [0.1, 0.15) is 58.7 Å². The smallest absolute Gasteiger partial charge is 0.0951 e. The molecule has 1 fully saturated rings. The van der Waals surface area contributed by atoms with E-state index >= 15 is 0 Å². The summed E-state index contributed by atoms with van der Waals surface area (Å²) in [6.07, 6.45) is 8.02. The molecule has 0 radical (unpaired) electrons. The Bertz CT molecular complexity index is 411. The van der Waals surface area contributed by atoms with Gasteiger partial charge in [0, 0.05) is 31.4 Å². The van der Waals surface area contributed by atoms with Crippen LogP contribution in [0.2, 0.25) is 0 Å². The van der Waals surface area contributed by atoms with Crippen LogP contribution >= 0.6 is 0 Å². The Balaban J connectivity index is 1.93. The van der Waals surface area contributed by atoms with Crippen molar-refractivity contribution in [1.29, 1.82) is 0 Å². The van der Waals surface area contributed by atoms with Gasteiger partial charge in [0.15, 0.2) is 0 Å². The zero-order valence-corrected chi connectivity index (χ0v) is 14.2. The molecule has 1 saturated heterocycles. The Hall–Kier alpha value is -0.870. The second kappa shape index (κ2) is 7.95. The SMILES string of the molecule is CC(C)CNCC1CCCCN1Cc1cncn1C(C)C. The largest absolute Gasteiger partial charge is 0.331 e. The van der Waals surface area contributed by atoms with Gasteiger partial charge in [-0.25, -0.2) is 4.98 Å². The molecule has 1 unspecified atom stereocenters. The second-order valence-electron chi connectivity index (χ2n) is 7.06. The summed E-state index contributed by atoms with van der Waals surface area (Å²) < 4.78 is 2.30. The molecule has 0 aliphatic carbocycles. The van der Waals surface area contributed by atoms with E-state index in [0.29, 0.717) is 12.1 Å². The van der Waals surface area contributed by atoms with E-state index in [1.807, 2.05) is 12.5 Å². The number of aromatic nitrogens is 2. The third-order valence-electron chi connectivity index (χ3n) is 4.35. The molecule has 4 nitrogen and oxygen atoms in total. The van der Waals surface area contributed by atoms with Crippen molar-refractivity contribution in [2.75, 3.05) is 19.6 Å². The molecule has 1 N–H and O–H groups in total. The van der Waals surface area contributed by atoms with Crippen LogP contribution in [0, 0.1) is 5.92 Å². The highest BCUT2D eigenvalue weighted by Crippen LogP contribution is 2.20. The normalized spacial score (nSPS) is 20.6. The number of likely N-dealkylation sites (tertiary alicyclic amines) is 1. The molecular formula is C17H32N4. The minimum atomic E-state index is 0.491. The van der Waals surface area contributed by atoms with E-state index in [1.54, 1.807) is 0 Å². The molecule has 1 atom stereocenters. The third-order valence-corrected chi connectivity index (χ3v) is 4.35. The average molecular weight is 292 g/mol. The number of hydrogen-bond donors (Lipinski definition) is 1. The molecule has 0 saturated carbocycles. The van der Waals surface area contributed by atoms with Crippen molar-refractivity contribution in [2.24, 2.45) is 5.92 Å². The summed E-state index contributed by atoms with van der Waals surface area (Å²) in [6, 6.07) is 1.16. The topological polar surface area (TPSA) is 33.1 Å². The van der Waals surface area contributed by atoms with Gasteiger partial charge in [0.2, 0.25) is 0 Å². The number of imidazole rings is 1. The highest BCUT2D eigenvalue weighted by Gasteiger charge is 2.23. The molecule has 0 spiro atoms. The molecule has 0 aromatic carbocycles. The van der Waals surface area contributed by atoms with Gasteiger partial charge in [-0.1, -0.05) is 20.3 Å². The van der Waals surface area contributed by atoms with Crippen molar-refractivity contribution in [2.45, 2.75) is 65.6 Å². The van der Waals surface area contributed by atoms with Crippen molar-refractivity contribution >= 4 is 0 Å². The van der Waals surface area contributed by atoms with Crippen LogP contribution in [0.15, 0.2) is 12.5 Å². The molecule has 2 rings (SSSR count). The third kappa shape index (κ3) is 4.82. The van der Waals surface area contributed by atoms with E-state index in [9.17, 15) is 0 Å². The highest BCUT2D eigenvalue weighted by molar-refractivity contribution is 5.01. The van der Waals surface area contributed by atoms with Crippen LogP contribution < -0.4 is 5.32 Å². The van der Waals surface area contributed by atoms with Crippen LogP contribution in [0.5, 0.6) is 0 Å². The number of nitrogens with zero attached hydrogens (tertiary/aromatic N) is 3. The van der Waals surface area contributed by atoms with Gasteiger partial charge in [-0.15, -0.1) is 0 Å². The van der Waals surface area contributed by atoms with E-state index in [4.69, 9.17) is 0 Å². The van der Waals surface area contributed by atoms with Gasteiger partial charge in [0.05, 0.1) is 12.0 Å². The maximum absolute atomic E-state index is 4.34. The lowest BCUT2D eigenvalue weighted by molar-refractivity contribution is 0.133. The minimum Gasteiger partial charge on any atom is -0.331 e. The quantitative estimate of drug-likeness (QED) is 0.838. The van der Waals surface area contributed by atoms with Crippen LogP contribution in [0.4, 0.5) is 0 Å². The Labute approximate surface area is 129 Å². The molecule has 0 bridgehead atoms. The summed E-state index contributed by atoms with van der Waals surface area (Å²) >= 11 is 0. The Morgan fingerprint density at radius 1 is 1.29 bits per heavy atom. The van der Waals surface area contributed by atoms with Gasteiger partial charge in [0.25, 0.3) is 0 Å². The Morgan fingerprint density at radius 2 is 2.10 bits per heavy atom. The summed E-state index contributed by atoms with van der Waals surface area (Å²) in [7, 11) is 0. The van der Waals surface area contributed by atoms with Crippen molar-refractivity contribution in [1.82, 2.24) is 19.8 Å². The van der Waals surface area contributed by atoms with Gasteiger partial charge in [0.1, 0.15) is 0 Å². The first-order valence-corrected chi connectivity index (χ1v) is 8.53. The highest BCUT2D eigenvalue weighted by atomic mass is 15.2. The lowest BCUT2D eigenvalue weighted by Gasteiger charge is -2.36. The van der Waals surface area contributed by atoms with Gasteiger partial charge >= 0.3 is 0 Å². The fourth-order valence-corrected chi connectivity index (χ4v) is 3.17. The van der Waals surface area contributed by atoms with Gasteiger partial charge in [-0.2, -0.15) is 0 Å². The fourth-order valence-electron chi connectivity index (χ4n) is 3.17. The van der Waals surface area contributed by atoms with Crippen molar-refractivity contribution in [3.63, 3.8) is 0 Å². The molecule has 1 aliphatic heterocycles. The molecule has 4 heteroatoms. The molecule has 1 aromatic rings. The lowest BCUT2D eigenvalue weighted by atomic mass is 10.0. The molecule has 21 heavy (non-hydrogen) atoms.